The minimum absolute atomic E-state index is 0.137. The van der Waals surface area contributed by atoms with Crippen LogP contribution in [0.5, 0.6) is 5.75 Å². The van der Waals surface area contributed by atoms with E-state index in [2.05, 4.69) is 5.32 Å². The van der Waals surface area contributed by atoms with Crippen LogP contribution >= 0.6 is 0 Å². The highest BCUT2D eigenvalue weighted by Crippen LogP contribution is 2.24. The van der Waals surface area contributed by atoms with Gasteiger partial charge in [0, 0.05) is 19.6 Å². The van der Waals surface area contributed by atoms with Gasteiger partial charge in [-0.2, -0.15) is 4.31 Å². The van der Waals surface area contributed by atoms with E-state index in [-0.39, 0.29) is 17.4 Å². The van der Waals surface area contributed by atoms with Crippen molar-refractivity contribution in [1.29, 1.82) is 0 Å². The molecule has 7 nitrogen and oxygen atoms in total. The zero-order valence-electron chi connectivity index (χ0n) is 16.7. The molecule has 0 bridgehead atoms. The van der Waals surface area contributed by atoms with Crippen molar-refractivity contribution >= 4 is 15.9 Å². The van der Waals surface area contributed by atoms with Gasteiger partial charge in [-0.25, -0.2) is 8.42 Å². The van der Waals surface area contributed by atoms with E-state index in [0.717, 1.165) is 11.1 Å². The van der Waals surface area contributed by atoms with Gasteiger partial charge in [-0.15, -0.1) is 0 Å². The van der Waals surface area contributed by atoms with E-state index in [0.29, 0.717) is 44.2 Å². The van der Waals surface area contributed by atoms with Crippen LogP contribution in [0.2, 0.25) is 0 Å². The molecule has 0 unspecified atom stereocenters. The van der Waals surface area contributed by atoms with E-state index >= 15 is 0 Å². The van der Waals surface area contributed by atoms with Crippen LogP contribution in [0.25, 0.3) is 0 Å². The van der Waals surface area contributed by atoms with Crippen molar-refractivity contribution in [2.75, 3.05) is 32.9 Å². The lowest BCUT2D eigenvalue weighted by molar-refractivity contribution is -0.123. The van der Waals surface area contributed by atoms with Gasteiger partial charge in [0.2, 0.25) is 10.0 Å². The summed E-state index contributed by atoms with van der Waals surface area (Å²) in [7, 11) is -3.56. The summed E-state index contributed by atoms with van der Waals surface area (Å²) in [5, 5.41) is 2.82. The molecule has 1 saturated heterocycles. The highest BCUT2D eigenvalue weighted by Gasteiger charge is 2.26. The molecule has 1 fully saturated rings. The van der Waals surface area contributed by atoms with Crippen LogP contribution in [0.1, 0.15) is 16.7 Å². The monoisotopic (exact) mass is 418 g/mol. The summed E-state index contributed by atoms with van der Waals surface area (Å²) < 4.78 is 37.7. The van der Waals surface area contributed by atoms with E-state index in [1.54, 1.807) is 19.1 Å². The van der Waals surface area contributed by atoms with E-state index in [4.69, 9.17) is 9.47 Å². The number of morpholine rings is 1. The molecule has 0 aliphatic carbocycles. The number of nitrogens with zero attached hydrogens (tertiary/aromatic N) is 1. The molecule has 1 heterocycles. The summed E-state index contributed by atoms with van der Waals surface area (Å²) in [5.41, 5.74) is 2.81. The maximum atomic E-state index is 12.7. The largest absolute Gasteiger partial charge is 0.484 e. The third-order valence-electron chi connectivity index (χ3n) is 4.69. The van der Waals surface area contributed by atoms with E-state index in [1.165, 1.54) is 10.4 Å². The molecule has 0 atom stereocenters. The summed E-state index contributed by atoms with van der Waals surface area (Å²) >= 11 is 0. The second-order valence-corrected chi connectivity index (χ2v) is 8.94. The number of benzene rings is 2. The number of hydrogen-bond acceptors (Lipinski definition) is 5. The van der Waals surface area contributed by atoms with Gasteiger partial charge in [0.1, 0.15) is 5.75 Å². The molecule has 1 aliphatic rings. The zero-order chi connectivity index (χ0) is 20.9. The third-order valence-corrected chi connectivity index (χ3v) is 6.58. The molecule has 3 rings (SSSR count). The summed E-state index contributed by atoms with van der Waals surface area (Å²) in [6.45, 7) is 5.55. The first-order chi connectivity index (χ1) is 13.9. The fourth-order valence-electron chi connectivity index (χ4n) is 3.10. The molecule has 29 heavy (non-hydrogen) atoms. The molecule has 0 aromatic heterocycles. The summed E-state index contributed by atoms with van der Waals surface area (Å²) in [6, 6.07) is 12.6. The number of hydrogen-bond donors (Lipinski definition) is 1. The van der Waals surface area contributed by atoms with Crippen LogP contribution in [0.15, 0.2) is 47.4 Å². The van der Waals surface area contributed by atoms with Crippen molar-refractivity contribution in [3.05, 3.63) is 59.2 Å². The van der Waals surface area contributed by atoms with Gasteiger partial charge >= 0.3 is 0 Å². The lowest BCUT2D eigenvalue weighted by Gasteiger charge is -2.26. The number of carbonyl (C=O) groups is 1. The SMILES string of the molecule is Cc1cccc(CNC(=O)COc2ccc(S(=O)(=O)N3CCOCC3)cc2C)c1. The smallest absolute Gasteiger partial charge is 0.258 e. The first-order valence-electron chi connectivity index (χ1n) is 9.50. The minimum Gasteiger partial charge on any atom is -0.484 e. The Hall–Kier alpha value is -2.42. The number of rotatable bonds is 7. The molecule has 1 N–H and O–H groups in total. The van der Waals surface area contributed by atoms with Gasteiger partial charge in [0.15, 0.2) is 6.61 Å². The van der Waals surface area contributed by atoms with Crippen LogP contribution in [-0.2, 0) is 26.1 Å². The van der Waals surface area contributed by atoms with Crippen LogP contribution in [0, 0.1) is 13.8 Å². The Balaban J connectivity index is 1.57. The van der Waals surface area contributed by atoms with Crippen molar-refractivity contribution in [3.8, 4) is 5.75 Å². The quantitative estimate of drug-likeness (QED) is 0.744. The number of amides is 1. The fourth-order valence-corrected chi connectivity index (χ4v) is 4.59. The number of sulfonamides is 1. The van der Waals surface area contributed by atoms with Crippen LogP contribution in [0.4, 0.5) is 0 Å². The fraction of sp³-hybridized carbons (Fsp3) is 0.381. The van der Waals surface area contributed by atoms with Crippen molar-refractivity contribution in [3.63, 3.8) is 0 Å². The summed E-state index contributed by atoms with van der Waals surface area (Å²) in [6.07, 6.45) is 0. The molecule has 8 heteroatoms. The summed E-state index contributed by atoms with van der Waals surface area (Å²) in [4.78, 5) is 12.3. The lowest BCUT2D eigenvalue weighted by atomic mass is 10.1. The van der Waals surface area contributed by atoms with Crippen LogP contribution in [0.3, 0.4) is 0 Å². The summed E-state index contributed by atoms with van der Waals surface area (Å²) in [5.74, 6) is 0.243. The number of carbonyl (C=O) groups excluding carboxylic acids is 1. The Bertz CT molecular complexity index is 969. The molecule has 1 aliphatic heterocycles. The van der Waals surface area contributed by atoms with Crippen LogP contribution in [-0.4, -0.2) is 51.5 Å². The molecular formula is C21H26N2O5S. The van der Waals surface area contributed by atoms with Gasteiger partial charge in [-0.3, -0.25) is 4.79 Å². The van der Waals surface area contributed by atoms with E-state index in [9.17, 15) is 13.2 Å². The van der Waals surface area contributed by atoms with Crippen LogP contribution < -0.4 is 10.1 Å². The Morgan fingerprint density at radius 2 is 1.90 bits per heavy atom. The van der Waals surface area contributed by atoms with Gasteiger partial charge in [-0.05, 0) is 43.2 Å². The Kier molecular flexibility index (Phi) is 6.89. The molecule has 2 aromatic carbocycles. The Morgan fingerprint density at radius 3 is 2.59 bits per heavy atom. The second-order valence-electron chi connectivity index (χ2n) is 7.00. The molecule has 0 saturated carbocycles. The molecule has 156 valence electrons. The van der Waals surface area contributed by atoms with Crippen molar-refractivity contribution in [2.24, 2.45) is 0 Å². The van der Waals surface area contributed by atoms with Crippen molar-refractivity contribution in [2.45, 2.75) is 25.3 Å². The van der Waals surface area contributed by atoms with Gasteiger partial charge < -0.3 is 14.8 Å². The van der Waals surface area contributed by atoms with Crippen molar-refractivity contribution in [1.82, 2.24) is 9.62 Å². The van der Waals surface area contributed by atoms with Gasteiger partial charge in [-0.1, -0.05) is 29.8 Å². The number of ether oxygens (including phenoxy) is 2. The van der Waals surface area contributed by atoms with Crippen molar-refractivity contribution < 1.29 is 22.7 Å². The Morgan fingerprint density at radius 1 is 1.14 bits per heavy atom. The average molecular weight is 419 g/mol. The normalized spacial score (nSPS) is 15.1. The molecule has 0 spiro atoms. The predicted molar refractivity (Wildman–Crippen MR) is 109 cm³/mol. The number of nitrogens with one attached hydrogen (secondary N) is 1. The van der Waals surface area contributed by atoms with E-state index in [1.807, 2.05) is 31.2 Å². The average Bonchev–Trinajstić information content (AvgIpc) is 2.72. The first kappa shape index (κ1) is 21.3. The number of aryl methyl sites for hydroxylation is 2. The zero-order valence-corrected chi connectivity index (χ0v) is 17.5. The lowest BCUT2D eigenvalue weighted by Crippen LogP contribution is -2.40. The topological polar surface area (TPSA) is 84.9 Å². The third kappa shape index (κ3) is 5.56. The predicted octanol–water partition coefficient (Wildman–Crippen LogP) is 2.02. The molecule has 1 amide bonds. The molecule has 0 radical (unpaired) electrons. The maximum absolute atomic E-state index is 12.7. The van der Waals surface area contributed by atoms with Gasteiger partial charge in [0.05, 0.1) is 18.1 Å². The second kappa shape index (κ2) is 9.39. The standard InChI is InChI=1S/C21H26N2O5S/c1-16-4-3-5-18(12-16)14-22-21(24)15-28-20-7-6-19(13-17(20)2)29(25,26)23-8-10-27-11-9-23/h3-7,12-13H,8-11,14-15H2,1-2H3,(H,22,24). The van der Waals surface area contributed by atoms with E-state index < -0.39 is 10.0 Å². The maximum Gasteiger partial charge on any atom is 0.258 e. The first-order valence-corrected chi connectivity index (χ1v) is 10.9. The highest BCUT2D eigenvalue weighted by atomic mass is 32.2. The molecular weight excluding hydrogens is 392 g/mol. The Labute approximate surface area is 171 Å². The minimum atomic E-state index is -3.56. The van der Waals surface area contributed by atoms with Gasteiger partial charge in [0.25, 0.3) is 5.91 Å². The molecule has 2 aromatic rings. The highest BCUT2D eigenvalue weighted by molar-refractivity contribution is 7.89.